The highest BCUT2D eigenvalue weighted by Gasteiger charge is 2.16. The van der Waals surface area contributed by atoms with Crippen LogP contribution in [0.25, 0.3) is 0 Å². The van der Waals surface area contributed by atoms with Crippen molar-refractivity contribution in [1.82, 2.24) is 5.32 Å². The lowest BCUT2D eigenvalue weighted by molar-refractivity contribution is 0.387. The van der Waals surface area contributed by atoms with Gasteiger partial charge in [0.25, 0.3) is 0 Å². The largest absolute Gasteiger partial charge is 0.311 e. The number of hydrogen-bond acceptors (Lipinski definition) is 1. The van der Waals surface area contributed by atoms with E-state index in [0.717, 1.165) is 12.5 Å². The second-order valence-electron chi connectivity index (χ2n) is 7.21. The lowest BCUT2D eigenvalue weighted by Gasteiger charge is -2.26. The summed E-state index contributed by atoms with van der Waals surface area (Å²) >= 11 is 0. The fourth-order valence-corrected chi connectivity index (χ4v) is 2.19. The Morgan fingerprint density at radius 2 is 1.58 bits per heavy atom. The molecule has 1 unspecified atom stereocenters. The maximum Gasteiger partial charge on any atom is 0.00967 e. The number of benzene rings is 1. The van der Waals surface area contributed by atoms with Crippen LogP contribution in [-0.4, -0.2) is 12.1 Å². The van der Waals surface area contributed by atoms with E-state index < -0.39 is 0 Å². The van der Waals surface area contributed by atoms with Crippen molar-refractivity contribution in [2.75, 3.05) is 6.54 Å². The number of aryl methyl sites for hydroxylation is 1. The van der Waals surface area contributed by atoms with E-state index in [1.165, 1.54) is 24.0 Å². The zero-order chi connectivity index (χ0) is 14.5. The molecule has 0 bridgehead atoms. The third kappa shape index (κ3) is 6.77. The van der Waals surface area contributed by atoms with Crippen LogP contribution in [0.5, 0.6) is 0 Å². The molecule has 1 aromatic carbocycles. The van der Waals surface area contributed by atoms with Crippen LogP contribution in [-0.2, 0) is 0 Å². The van der Waals surface area contributed by atoms with Crippen LogP contribution < -0.4 is 5.32 Å². The van der Waals surface area contributed by atoms with Gasteiger partial charge in [-0.15, -0.1) is 0 Å². The third-order valence-corrected chi connectivity index (χ3v) is 3.52. The predicted octanol–water partition coefficient (Wildman–Crippen LogP) is 4.90. The molecule has 1 nitrogen and oxygen atoms in total. The Hall–Kier alpha value is -0.820. The average molecular weight is 261 g/mol. The van der Waals surface area contributed by atoms with Crippen molar-refractivity contribution in [3.8, 4) is 0 Å². The van der Waals surface area contributed by atoms with Crippen LogP contribution in [0.3, 0.4) is 0 Å². The first-order valence-corrected chi connectivity index (χ1v) is 7.59. The Kier molecular flexibility index (Phi) is 6.06. The lowest BCUT2D eigenvalue weighted by Crippen LogP contribution is -2.38. The quantitative estimate of drug-likeness (QED) is 0.767. The summed E-state index contributed by atoms with van der Waals surface area (Å²) in [6.07, 6.45) is 2.56. The van der Waals surface area contributed by atoms with Crippen LogP contribution >= 0.6 is 0 Å². The zero-order valence-corrected chi connectivity index (χ0v) is 13.6. The van der Waals surface area contributed by atoms with Gasteiger partial charge >= 0.3 is 0 Å². The van der Waals surface area contributed by atoms with Crippen LogP contribution in [0.2, 0.25) is 0 Å². The second-order valence-corrected chi connectivity index (χ2v) is 7.21. The number of nitrogens with one attached hydrogen (secondary N) is 1. The zero-order valence-electron chi connectivity index (χ0n) is 13.6. The molecule has 19 heavy (non-hydrogen) atoms. The fraction of sp³-hybridized carbons (Fsp3) is 0.667. The molecule has 0 fully saturated rings. The Labute approximate surface area is 119 Å². The molecule has 0 saturated carbocycles. The summed E-state index contributed by atoms with van der Waals surface area (Å²) in [6, 6.07) is 9.05. The van der Waals surface area contributed by atoms with Crippen molar-refractivity contribution in [3.63, 3.8) is 0 Å². The smallest absolute Gasteiger partial charge is 0.00967 e. The SMILES string of the molecule is Cc1ccc(C(CCC(C)C)CNC(C)(C)C)cc1. The van der Waals surface area contributed by atoms with Crippen molar-refractivity contribution in [2.45, 2.75) is 65.8 Å². The molecule has 0 heterocycles. The Morgan fingerprint density at radius 3 is 2.05 bits per heavy atom. The van der Waals surface area contributed by atoms with E-state index in [0.29, 0.717) is 5.92 Å². The molecule has 0 radical (unpaired) electrons. The van der Waals surface area contributed by atoms with Crippen molar-refractivity contribution in [3.05, 3.63) is 35.4 Å². The van der Waals surface area contributed by atoms with E-state index in [1.807, 2.05) is 0 Å². The fourth-order valence-electron chi connectivity index (χ4n) is 2.19. The van der Waals surface area contributed by atoms with E-state index in [2.05, 4.69) is 71.1 Å². The van der Waals surface area contributed by atoms with Crippen molar-refractivity contribution >= 4 is 0 Å². The predicted molar refractivity (Wildman–Crippen MR) is 85.7 cm³/mol. The van der Waals surface area contributed by atoms with E-state index in [-0.39, 0.29) is 5.54 Å². The van der Waals surface area contributed by atoms with Gasteiger partial charge in [0.15, 0.2) is 0 Å². The maximum absolute atomic E-state index is 3.66. The topological polar surface area (TPSA) is 12.0 Å². The monoisotopic (exact) mass is 261 g/mol. The molecule has 1 heteroatoms. The third-order valence-electron chi connectivity index (χ3n) is 3.52. The van der Waals surface area contributed by atoms with Gasteiger partial charge in [0.05, 0.1) is 0 Å². The summed E-state index contributed by atoms with van der Waals surface area (Å²) in [4.78, 5) is 0. The molecule has 0 aliphatic carbocycles. The molecule has 0 aliphatic rings. The average Bonchev–Trinajstić information content (AvgIpc) is 2.29. The molecule has 1 rings (SSSR count). The highest BCUT2D eigenvalue weighted by atomic mass is 14.9. The van der Waals surface area contributed by atoms with E-state index in [9.17, 15) is 0 Å². The van der Waals surface area contributed by atoms with Crippen molar-refractivity contribution in [2.24, 2.45) is 5.92 Å². The van der Waals surface area contributed by atoms with Gasteiger partial charge in [0.1, 0.15) is 0 Å². The molecule has 0 aromatic heterocycles. The standard InChI is InChI=1S/C18H31N/c1-14(2)7-10-17(13-19-18(4,5)6)16-11-8-15(3)9-12-16/h8-9,11-12,14,17,19H,7,10,13H2,1-6H3. The summed E-state index contributed by atoms with van der Waals surface area (Å²) in [6.45, 7) is 14.6. The molecule has 1 N–H and O–H groups in total. The molecular formula is C18H31N. The lowest BCUT2D eigenvalue weighted by atomic mass is 9.90. The van der Waals surface area contributed by atoms with Gasteiger partial charge in [-0.3, -0.25) is 0 Å². The van der Waals surface area contributed by atoms with Crippen molar-refractivity contribution in [1.29, 1.82) is 0 Å². The first-order chi connectivity index (χ1) is 8.78. The highest BCUT2D eigenvalue weighted by molar-refractivity contribution is 5.24. The minimum Gasteiger partial charge on any atom is -0.311 e. The molecule has 0 spiro atoms. The molecule has 108 valence electrons. The summed E-state index contributed by atoms with van der Waals surface area (Å²) in [5, 5.41) is 3.66. The van der Waals surface area contributed by atoms with Crippen LogP contribution in [0.4, 0.5) is 0 Å². The van der Waals surface area contributed by atoms with Crippen molar-refractivity contribution < 1.29 is 0 Å². The van der Waals surface area contributed by atoms with Crippen LogP contribution in [0.15, 0.2) is 24.3 Å². The van der Waals surface area contributed by atoms with Crippen LogP contribution in [0, 0.1) is 12.8 Å². The second kappa shape index (κ2) is 7.09. The minimum atomic E-state index is 0.195. The van der Waals surface area contributed by atoms with E-state index >= 15 is 0 Å². The van der Waals surface area contributed by atoms with Gasteiger partial charge in [0, 0.05) is 12.1 Å². The first kappa shape index (κ1) is 16.2. The van der Waals surface area contributed by atoms with Gasteiger partial charge < -0.3 is 5.32 Å². The van der Waals surface area contributed by atoms with E-state index in [1.54, 1.807) is 0 Å². The number of hydrogen-bond donors (Lipinski definition) is 1. The maximum atomic E-state index is 3.66. The summed E-state index contributed by atoms with van der Waals surface area (Å²) in [7, 11) is 0. The van der Waals surface area contributed by atoms with Gasteiger partial charge in [-0.2, -0.15) is 0 Å². The summed E-state index contributed by atoms with van der Waals surface area (Å²) in [5.41, 5.74) is 3.01. The normalized spacial score (nSPS) is 13.8. The Balaban J connectivity index is 2.70. The van der Waals surface area contributed by atoms with Gasteiger partial charge in [-0.1, -0.05) is 50.1 Å². The minimum absolute atomic E-state index is 0.195. The highest BCUT2D eigenvalue weighted by Crippen LogP contribution is 2.24. The van der Waals surface area contributed by atoms with Gasteiger partial charge in [0.2, 0.25) is 0 Å². The molecule has 1 atom stereocenters. The first-order valence-electron chi connectivity index (χ1n) is 7.59. The van der Waals surface area contributed by atoms with Crippen LogP contribution in [0.1, 0.15) is 64.5 Å². The van der Waals surface area contributed by atoms with Gasteiger partial charge in [-0.05, 0) is 51.5 Å². The molecule has 1 aromatic rings. The summed E-state index contributed by atoms with van der Waals surface area (Å²) < 4.78 is 0. The number of rotatable bonds is 6. The van der Waals surface area contributed by atoms with Gasteiger partial charge in [-0.25, -0.2) is 0 Å². The molecule has 0 saturated heterocycles. The Morgan fingerprint density at radius 1 is 1.00 bits per heavy atom. The molecular weight excluding hydrogens is 230 g/mol. The molecule has 0 amide bonds. The summed E-state index contributed by atoms with van der Waals surface area (Å²) in [5.74, 6) is 1.41. The molecule has 0 aliphatic heterocycles. The van der Waals surface area contributed by atoms with E-state index in [4.69, 9.17) is 0 Å². The Bertz CT molecular complexity index is 356.